The van der Waals surface area contributed by atoms with Crippen molar-refractivity contribution in [2.75, 3.05) is 6.54 Å². The maximum absolute atomic E-state index is 10.9. The Morgan fingerprint density at radius 3 is 2.21 bits per heavy atom. The third-order valence-electron chi connectivity index (χ3n) is 3.14. The van der Waals surface area contributed by atoms with Crippen molar-refractivity contribution < 1.29 is 15.1 Å². The van der Waals surface area contributed by atoms with Crippen molar-refractivity contribution in [3.63, 3.8) is 0 Å². The van der Waals surface area contributed by atoms with Crippen molar-refractivity contribution in [1.82, 2.24) is 5.06 Å². The predicted molar refractivity (Wildman–Crippen MR) is 52.2 cm³/mol. The van der Waals surface area contributed by atoms with Gasteiger partial charge in [-0.05, 0) is 25.7 Å². The van der Waals surface area contributed by atoms with Crippen LogP contribution >= 0.6 is 0 Å². The first-order valence-electron chi connectivity index (χ1n) is 5.24. The zero-order valence-corrected chi connectivity index (χ0v) is 8.86. The molecule has 0 atom stereocenters. The predicted octanol–water partition coefficient (Wildman–Crippen LogP) is 1.73. The number of hydrogen-bond donors (Lipinski definition) is 2. The summed E-state index contributed by atoms with van der Waals surface area (Å²) in [5.41, 5.74) is -0.655. The maximum Gasteiger partial charge on any atom is 0.311 e. The van der Waals surface area contributed by atoms with Crippen LogP contribution in [-0.4, -0.2) is 33.9 Å². The Balaban J connectivity index is 2.47. The number of carboxylic acids is 1. The monoisotopic (exact) mass is 201 g/mol. The fourth-order valence-corrected chi connectivity index (χ4v) is 1.74. The topological polar surface area (TPSA) is 60.8 Å². The van der Waals surface area contributed by atoms with E-state index >= 15 is 0 Å². The van der Waals surface area contributed by atoms with Gasteiger partial charge in [0.1, 0.15) is 0 Å². The van der Waals surface area contributed by atoms with Crippen molar-refractivity contribution in [3.8, 4) is 0 Å². The van der Waals surface area contributed by atoms with Gasteiger partial charge in [-0.25, -0.2) is 0 Å². The van der Waals surface area contributed by atoms with Crippen molar-refractivity contribution in [3.05, 3.63) is 0 Å². The Kier molecular flexibility index (Phi) is 3.50. The molecule has 0 amide bonds. The second-order valence-electron chi connectivity index (χ2n) is 4.15. The molecular formula is C10H19NO3. The van der Waals surface area contributed by atoms with Crippen molar-refractivity contribution >= 4 is 5.97 Å². The van der Waals surface area contributed by atoms with Crippen molar-refractivity contribution in [2.24, 2.45) is 5.41 Å². The first-order valence-corrected chi connectivity index (χ1v) is 5.24. The van der Waals surface area contributed by atoms with Crippen LogP contribution in [0.1, 0.15) is 39.5 Å². The zero-order chi connectivity index (χ0) is 10.8. The van der Waals surface area contributed by atoms with E-state index in [0.29, 0.717) is 12.8 Å². The molecule has 0 aliphatic heterocycles. The van der Waals surface area contributed by atoms with Gasteiger partial charge in [-0.2, -0.15) is 5.06 Å². The van der Waals surface area contributed by atoms with Gasteiger partial charge in [0.05, 0.1) is 5.41 Å². The number of hydrogen-bond acceptors (Lipinski definition) is 3. The highest BCUT2D eigenvalue weighted by Crippen LogP contribution is 2.46. The van der Waals surface area contributed by atoms with E-state index in [-0.39, 0.29) is 12.6 Å². The van der Waals surface area contributed by atoms with E-state index in [9.17, 15) is 10.0 Å². The Morgan fingerprint density at radius 2 is 1.93 bits per heavy atom. The van der Waals surface area contributed by atoms with Gasteiger partial charge >= 0.3 is 5.97 Å². The summed E-state index contributed by atoms with van der Waals surface area (Å²) in [6.45, 7) is 4.27. The third kappa shape index (κ3) is 2.25. The standard InChI is InChI=1S/C10H19NO3/c1-3-8(4-2)11(14)7-10(5-6-10)9(12)13/h8,14H,3-7H2,1-2H3,(H,12,13). The van der Waals surface area contributed by atoms with Crippen molar-refractivity contribution in [2.45, 2.75) is 45.6 Å². The van der Waals surface area contributed by atoms with Gasteiger partial charge in [-0.1, -0.05) is 13.8 Å². The molecule has 4 heteroatoms. The molecule has 1 aliphatic carbocycles. The van der Waals surface area contributed by atoms with E-state index < -0.39 is 11.4 Å². The summed E-state index contributed by atoms with van der Waals surface area (Å²) in [5, 5.41) is 19.9. The lowest BCUT2D eigenvalue weighted by Gasteiger charge is -2.26. The molecular weight excluding hydrogens is 182 g/mol. The van der Waals surface area contributed by atoms with Crippen LogP contribution in [0.15, 0.2) is 0 Å². The van der Waals surface area contributed by atoms with Crippen LogP contribution in [0.2, 0.25) is 0 Å². The smallest absolute Gasteiger partial charge is 0.311 e. The SMILES string of the molecule is CCC(CC)N(O)CC1(C(=O)O)CC1. The van der Waals surface area contributed by atoms with Gasteiger partial charge in [-0.15, -0.1) is 0 Å². The van der Waals surface area contributed by atoms with Gasteiger partial charge in [-0.3, -0.25) is 4.79 Å². The minimum absolute atomic E-state index is 0.0897. The number of nitrogens with zero attached hydrogens (tertiary/aromatic N) is 1. The summed E-state index contributed by atoms with van der Waals surface area (Å²) in [7, 11) is 0. The Bertz CT molecular complexity index is 209. The molecule has 82 valence electrons. The van der Waals surface area contributed by atoms with E-state index in [1.165, 1.54) is 5.06 Å². The van der Waals surface area contributed by atoms with Crippen LogP contribution in [0.3, 0.4) is 0 Å². The van der Waals surface area contributed by atoms with Crippen LogP contribution in [-0.2, 0) is 4.79 Å². The normalized spacial score (nSPS) is 18.9. The third-order valence-corrected chi connectivity index (χ3v) is 3.14. The zero-order valence-electron chi connectivity index (χ0n) is 8.86. The Labute approximate surface area is 84.5 Å². The molecule has 0 aromatic heterocycles. The quantitative estimate of drug-likeness (QED) is 0.642. The molecule has 14 heavy (non-hydrogen) atoms. The molecule has 0 saturated heterocycles. The van der Waals surface area contributed by atoms with Gasteiger partial charge < -0.3 is 10.3 Å². The molecule has 0 radical (unpaired) electrons. The van der Waals surface area contributed by atoms with Crippen LogP contribution < -0.4 is 0 Å². The molecule has 1 saturated carbocycles. The first-order chi connectivity index (χ1) is 6.55. The fourth-order valence-electron chi connectivity index (χ4n) is 1.74. The molecule has 2 N–H and O–H groups in total. The highest BCUT2D eigenvalue weighted by atomic mass is 16.5. The summed E-state index contributed by atoms with van der Waals surface area (Å²) < 4.78 is 0. The average molecular weight is 201 g/mol. The Morgan fingerprint density at radius 1 is 1.43 bits per heavy atom. The minimum Gasteiger partial charge on any atom is -0.481 e. The lowest BCUT2D eigenvalue weighted by molar-refractivity contribution is -0.162. The molecule has 1 fully saturated rings. The highest BCUT2D eigenvalue weighted by molar-refractivity contribution is 5.78. The van der Waals surface area contributed by atoms with Gasteiger partial charge in [0.15, 0.2) is 0 Å². The second kappa shape index (κ2) is 4.28. The highest BCUT2D eigenvalue weighted by Gasteiger charge is 2.51. The molecule has 0 heterocycles. The van der Waals surface area contributed by atoms with Gasteiger partial charge in [0.25, 0.3) is 0 Å². The average Bonchev–Trinajstić information content (AvgIpc) is 2.87. The number of carboxylic acid groups (broad SMARTS) is 1. The minimum atomic E-state index is -0.775. The van der Waals surface area contributed by atoms with Crippen molar-refractivity contribution in [1.29, 1.82) is 0 Å². The van der Waals surface area contributed by atoms with E-state index in [2.05, 4.69) is 0 Å². The number of rotatable bonds is 6. The molecule has 0 bridgehead atoms. The maximum atomic E-state index is 10.9. The molecule has 4 nitrogen and oxygen atoms in total. The molecule has 0 spiro atoms. The summed E-state index contributed by atoms with van der Waals surface area (Å²) in [5.74, 6) is -0.775. The molecule has 1 aliphatic rings. The summed E-state index contributed by atoms with van der Waals surface area (Å²) in [4.78, 5) is 10.9. The van der Waals surface area contributed by atoms with E-state index in [4.69, 9.17) is 5.11 Å². The molecule has 0 aromatic carbocycles. The first kappa shape index (κ1) is 11.5. The van der Waals surface area contributed by atoms with E-state index in [1.807, 2.05) is 13.8 Å². The fraction of sp³-hybridized carbons (Fsp3) is 0.900. The largest absolute Gasteiger partial charge is 0.481 e. The van der Waals surface area contributed by atoms with Crippen LogP contribution in [0.25, 0.3) is 0 Å². The van der Waals surface area contributed by atoms with Crippen LogP contribution in [0, 0.1) is 5.41 Å². The molecule has 0 aromatic rings. The molecule has 1 rings (SSSR count). The second-order valence-corrected chi connectivity index (χ2v) is 4.15. The lowest BCUT2D eigenvalue weighted by atomic mass is 10.1. The van der Waals surface area contributed by atoms with Crippen LogP contribution in [0.4, 0.5) is 0 Å². The summed E-state index contributed by atoms with van der Waals surface area (Å²) in [6, 6.07) is 0.0897. The summed E-state index contributed by atoms with van der Waals surface area (Å²) >= 11 is 0. The lowest BCUT2D eigenvalue weighted by Crippen LogP contribution is -2.38. The van der Waals surface area contributed by atoms with Gasteiger partial charge in [0, 0.05) is 12.6 Å². The van der Waals surface area contributed by atoms with Crippen LogP contribution in [0.5, 0.6) is 0 Å². The Hall–Kier alpha value is -0.610. The van der Waals surface area contributed by atoms with E-state index in [1.54, 1.807) is 0 Å². The van der Waals surface area contributed by atoms with Gasteiger partial charge in [0.2, 0.25) is 0 Å². The number of hydroxylamine groups is 2. The summed E-state index contributed by atoms with van der Waals surface area (Å²) in [6.07, 6.45) is 3.09. The number of carbonyl (C=O) groups is 1. The van der Waals surface area contributed by atoms with E-state index in [0.717, 1.165) is 12.8 Å². The number of aliphatic carboxylic acids is 1. The molecule has 0 unspecified atom stereocenters.